The van der Waals surface area contributed by atoms with E-state index in [4.69, 9.17) is 0 Å². The van der Waals surface area contributed by atoms with Gasteiger partial charge in [-0.05, 0) is 134 Å². The van der Waals surface area contributed by atoms with Crippen molar-refractivity contribution in [2.24, 2.45) is 56.7 Å². The van der Waals surface area contributed by atoms with E-state index in [1.54, 1.807) is 0 Å². The Bertz CT molecular complexity index is 781. The Hall–Kier alpha value is -0.300. The van der Waals surface area contributed by atoms with Crippen LogP contribution in [0.15, 0.2) is 12.2 Å². The molecule has 182 valence electrons. The Labute approximate surface area is 199 Å². The molecule has 5 fully saturated rings. The van der Waals surface area contributed by atoms with Gasteiger partial charge in [-0.2, -0.15) is 0 Å². The standard InChI is InChI=1S/C31H52O/c1-20(2)21(3)9-10-22(4)23-13-15-29(8)25-12-11-24-27(5,6)26(32)14-16-30(24)19-31(25,30)18-17-28(23,29)7/h21-26,32H,1,9-19H2,2-8H3/t21?,22-,23-,24+,25+,26+,28-,29+,30-,31+/m1/s1. The molecule has 0 heterocycles. The van der Waals surface area contributed by atoms with Crippen LogP contribution in [-0.4, -0.2) is 11.2 Å². The highest BCUT2D eigenvalue weighted by atomic mass is 16.3. The summed E-state index contributed by atoms with van der Waals surface area (Å²) in [6.07, 6.45) is 15.1. The molecule has 0 aromatic carbocycles. The highest BCUT2D eigenvalue weighted by Crippen LogP contribution is 2.89. The lowest BCUT2D eigenvalue weighted by Gasteiger charge is -2.63. The lowest BCUT2D eigenvalue weighted by molar-refractivity contribution is -0.161. The molecule has 0 aromatic heterocycles. The molecule has 5 saturated carbocycles. The zero-order valence-corrected chi connectivity index (χ0v) is 22.4. The highest BCUT2D eigenvalue weighted by molar-refractivity contribution is 5.30. The first-order chi connectivity index (χ1) is 14.9. The maximum absolute atomic E-state index is 10.9. The second-order valence-corrected chi connectivity index (χ2v) is 14.8. The van der Waals surface area contributed by atoms with Gasteiger partial charge in [0, 0.05) is 0 Å². The Kier molecular flexibility index (Phi) is 5.21. The van der Waals surface area contributed by atoms with Gasteiger partial charge in [0.25, 0.3) is 0 Å². The molecule has 5 aliphatic rings. The minimum Gasteiger partial charge on any atom is -0.393 e. The molecular formula is C31H52O. The van der Waals surface area contributed by atoms with Gasteiger partial charge in [-0.3, -0.25) is 0 Å². The van der Waals surface area contributed by atoms with Crippen molar-refractivity contribution in [1.82, 2.24) is 0 Å². The van der Waals surface area contributed by atoms with E-state index in [0.717, 1.165) is 30.1 Å². The summed E-state index contributed by atoms with van der Waals surface area (Å²) in [6.45, 7) is 21.6. The summed E-state index contributed by atoms with van der Waals surface area (Å²) >= 11 is 0. The second kappa shape index (κ2) is 7.11. The molecular weight excluding hydrogens is 388 g/mol. The average molecular weight is 441 g/mol. The maximum atomic E-state index is 10.9. The molecule has 5 aliphatic carbocycles. The van der Waals surface area contributed by atoms with Gasteiger partial charge in [0.05, 0.1) is 6.10 Å². The average Bonchev–Trinajstić information content (AvgIpc) is 3.31. The van der Waals surface area contributed by atoms with Gasteiger partial charge in [0.2, 0.25) is 0 Å². The summed E-state index contributed by atoms with van der Waals surface area (Å²) < 4.78 is 0. The first-order valence-corrected chi connectivity index (χ1v) is 14.2. The molecule has 1 unspecified atom stereocenters. The number of aliphatic hydroxyl groups excluding tert-OH is 1. The summed E-state index contributed by atoms with van der Waals surface area (Å²) in [6, 6.07) is 0. The molecule has 0 bridgehead atoms. The summed E-state index contributed by atoms with van der Waals surface area (Å²) in [4.78, 5) is 0. The third-order valence-corrected chi connectivity index (χ3v) is 13.7. The Morgan fingerprint density at radius 3 is 2.19 bits per heavy atom. The fourth-order valence-electron chi connectivity index (χ4n) is 11.3. The lowest BCUT2D eigenvalue weighted by Crippen LogP contribution is -2.57. The van der Waals surface area contributed by atoms with Crippen molar-refractivity contribution in [3.63, 3.8) is 0 Å². The van der Waals surface area contributed by atoms with Crippen LogP contribution in [0.5, 0.6) is 0 Å². The van der Waals surface area contributed by atoms with Crippen molar-refractivity contribution in [2.45, 2.75) is 125 Å². The number of hydrogen-bond donors (Lipinski definition) is 1. The van der Waals surface area contributed by atoms with Gasteiger partial charge in [-0.1, -0.05) is 53.7 Å². The molecule has 0 aliphatic heterocycles. The van der Waals surface area contributed by atoms with E-state index in [9.17, 15) is 5.11 Å². The quantitative estimate of drug-likeness (QED) is 0.425. The molecule has 2 spiro atoms. The number of allylic oxidation sites excluding steroid dienone is 1. The van der Waals surface area contributed by atoms with Crippen molar-refractivity contribution in [3.05, 3.63) is 12.2 Å². The van der Waals surface area contributed by atoms with E-state index < -0.39 is 0 Å². The van der Waals surface area contributed by atoms with Crippen molar-refractivity contribution in [3.8, 4) is 0 Å². The fraction of sp³-hybridized carbons (Fsp3) is 0.935. The first-order valence-electron chi connectivity index (χ1n) is 14.2. The number of fused-ring (bicyclic) bond motifs is 2. The second-order valence-electron chi connectivity index (χ2n) is 14.8. The zero-order chi connectivity index (χ0) is 23.3. The molecule has 0 aromatic rings. The molecule has 0 saturated heterocycles. The minimum absolute atomic E-state index is 0.0879. The van der Waals surface area contributed by atoms with E-state index in [0.29, 0.717) is 27.6 Å². The van der Waals surface area contributed by atoms with Gasteiger partial charge in [0.1, 0.15) is 0 Å². The molecule has 32 heavy (non-hydrogen) atoms. The number of aliphatic hydroxyl groups is 1. The van der Waals surface area contributed by atoms with Crippen molar-refractivity contribution in [2.75, 3.05) is 0 Å². The Morgan fingerprint density at radius 1 is 0.844 bits per heavy atom. The molecule has 0 amide bonds. The van der Waals surface area contributed by atoms with Crippen molar-refractivity contribution >= 4 is 0 Å². The summed E-state index contributed by atoms with van der Waals surface area (Å²) in [5.74, 6) is 4.09. The monoisotopic (exact) mass is 440 g/mol. The molecule has 1 nitrogen and oxygen atoms in total. The van der Waals surface area contributed by atoms with Gasteiger partial charge in [0.15, 0.2) is 0 Å². The normalized spacial score (nSPS) is 52.8. The first kappa shape index (κ1) is 23.4. The number of hydrogen-bond acceptors (Lipinski definition) is 1. The van der Waals surface area contributed by atoms with Crippen LogP contribution in [0.3, 0.4) is 0 Å². The SMILES string of the molecule is C=C(C)C(C)CC[C@@H](C)[C@H]1CC[C@@]2(C)[C@@H]3CC[C@H]4C(C)(C)[C@@H](O)CC[C@@]45C[C@@]35CC[C@]12C. The minimum atomic E-state index is -0.0879. The maximum Gasteiger partial charge on any atom is 0.0594 e. The molecule has 10 atom stereocenters. The summed E-state index contributed by atoms with van der Waals surface area (Å²) in [7, 11) is 0. The largest absolute Gasteiger partial charge is 0.393 e. The lowest BCUT2D eigenvalue weighted by atomic mass is 9.41. The highest BCUT2D eigenvalue weighted by Gasteiger charge is 2.82. The predicted molar refractivity (Wildman–Crippen MR) is 135 cm³/mol. The van der Waals surface area contributed by atoms with Gasteiger partial charge >= 0.3 is 0 Å². The topological polar surface area (TPSA) is 20.2 Å². The van der Waals surface area contributed by atoms with E-state index in [1.807, 2.05) is 0 Å². The van der Waals surface area contributed by atoms with Crippen LogP contribution in [0.25, 0.3) is 0 Å². The zero-order valence-electron chi connectivity index (χ0n) is 22.4. The van der Waals surface area contributed by atoms with Crippen molar-refractivity contribution < 1.29 is 5.11 Å². The van der Waals surface area contributed by atoms with Gasteiger partial charge < -0.3 is 5.11 Å². The third-order valence-electron chi connectivity index (χ3n) is 13.7. The third kappa shape index (κ3) is 2.73. The van der Waals surface area contributed by atoms with Crippen LogP contribution in [0.2, 0.25) is 0 Å². The molecule has 5 rings (SSSR count). The molecule has 1 heteroatoms. The van der Waals surface area contributed by atoms with Crippen LogP contribution in [0, 0.1) is 56.7 Å². The Morgan fingerprint density at radius 2 is 1.50 bits per heavy atom. The van der Waals surface area contributed by atoms with E-state index in [-0.39, 0.29) is 11.5 Å². The van der Waals surface area contributed by atoms with E-state index >= 15 is 0 Å². The fourth-order valence-corrected chi connectivity index (χ4v) is 11.3. The summed E-state index contributed by atoms with van der Waals surface area (Å²) in [5.41, 5.74) is 3.71. The van der Waals surface area contributed by atoms with Crippen LogP contribution in [0.1, 0.15) is 119 Å². The Balaban J connectivity index is 1.39. The van der Waals surface area contributed by atoms with Crippen LogP contribution in [-0.2, 0) is 0 Å². The molecule has 1 N–H and O–H groups in total. The van der Waals surface area contributed by atoms with Gasteiger partial charge in [-0.15, -0.1) is 0 Å². The van der Waals surface area contributed by atoms with E-state index in [2.05, 4.69) is 55.0 Å². The molecule has 0 radical (unpaired) electrons. The van der Waals surface area contributed by atoms with Crippen LogP contribution < -0.4 is 0 Å². The number of rotatable bonds is 5. The van der Waals surface area contributed by atoms with Gasteiger partial charge in [-0.25, -0.2) is 0 Å². The summed E-state index contributed by atoms with van der Waals surface area (Å²) in [5, 5.41) is 10.9. The van der Waals surface area contributed by atoms with Crippen molar-refractivity contribution in [1.29, 1.82) is 0 Å². The van der Waals surface area contributed by atoms with Crippen LogP contribution in [0.4, 0.5) is 0 Å². The predicted octanol–water partition coefficient (Wildman–Crippen LogP) is 8.41. The van der Waals surface area contributed by atoms with Crippen LogP contribution >= 0.6 is 0 Å². The van der Waals surface area contributed by atoms with E-state index in [1.165, 1.54) is 69.8 Å². The smallest absolute Gasteiger partial charge is 0.0594 e.